The lowest BCUT2D eigenvalue weighted by Crippen LogP contribution is -2.34. The first-order valence-electron chi connectivity index (χ1n) is 17.4. The zero-order valence-corrected chi connectivity index (χ0v) is 28.9. The van der Waals surface area contributed by atoms with Crippen LogP contribution < -0.4 is 10.6 Å². The number of aromatic nitrogens is 3. The average molecular weight is 636 g/mol. The predicted octanol–water partition coefficient (Wildman–Crippen LogP) is 7.11. The maximum Gasteiger partial charge on any atom is 0.247 e. The highest BCUT2D eigenvalue weighted by atomic mass is 16.1. The lowest BCUT2D eigenvalue weighted by Gasteiger charge is -2.22. The third-order valence-corrected chi connectivity index (χ3v) is 9.62. The number of amides is 1. The van der Waals surface area contributed by atoms with Crippen molar-refractivity contribution in [1.82, 2.24) is 29.7 Å². The lowest BCUT2D eigenvalue weighted by molar-refractivity contribution is -0.115. The minimum Gasteiger partial charge on any atom is -0.347 e. The van der Waals surface area contributed by atoms with Crippen molar-refractivity contribution in [3.63, 3.8) is 0 Å². The third kappa shape index (κ3) is 8.67. The number of likely N-dealkylation sites (N-methyl/N-ethyl adjacent to an activating group) is 2. The molecule has 0 saturated heterocycles. The van der Waals surface area contributed by atoms with Crippen molar-refractivity contribution < 1.29 is 4.79 Å². The fourth-order valence-electron chi connectivity index (χ4n) is 7.01. The summed E-state index contributed by atoms with van der Waals surface area (Å²) in [6, 6.07) is 6.70. The molecule has 2 aromatic heterocycles. The summed E-state index contributed by atoms with van der Waals surface area (Å²) >= 11 is 0. The van der Waals surface area contributed by atoms with E-state index in [0.717, 1.165) is 73.9 Å². The Bertz CT molecular complexity index is 1640. The molecule has 8 nitrogen and oxygen atoms in total. The van der Waals surface area contributed by atoms with Crippen LogP contribution in [0.3, 0.4) is 0 Å². The molecule has 2 aliphatic rings. The number of allylic oxidation sites excluding steroid dienone is 3. The van der Waals surface area contributed by atoms with E-state index >= 15 is 0 Å². The number of carbonyl (C=O) groups excluding carboxylic acids is 1. The fraction of sp³-hybridized carbons (Fsp3) is 0.462. The molecule has 0 atom stereocenters. The summed E-state index contributed by atoms with van der Waals surface area (Å²) in [5.74, 6) is 1.08. The van der Waals surface area contributed by atoms with Gasteiger partial charge in [0.05, 0.1) is 11.2 Å². The molecule has 1 saturated carbocycles. The molecular weight excluding hydrogens is 582 g/mol. The third-order valence-electron chi connectivity index (χ3n) is 9.62. The van der Waals surface area contributed by atoms with Gasteiger partial charge in [0.25, 0.3) is 0 Å². The van der Waals surface area contributed by atoms with Crippen LogP contribution in [0.4, 0.5) is 5.95 Å². The van der Waals surface area contributed by atoms with Crippen LogP contribution in [0.25, 0.3) is 22.2 Å². The Labute approximate surface area is 281 Å². The summed E-state index contributed by atoms with van der Waals surface area (Å²) in [6.45, 7) is 13.2. The van der Waals surface area contributed by atoms with Crippen LogP contribution in [0, 0.1) is 5.92 Å². The van der Waals surface area contributed by atoms with E-state index in [1.165, 1.54) is 65.8 Å². The Kier molecular flexibility index (Phi) is 11.8. The number of benzene rings is 1. The normalized spacial score (nSPS) is 15.7. The van der Waals surface area contributed by atoms with Crippen molar-refractivity contribution in [3.05, 3.63) is 90.1 Å². The molecule has 1 amide bonds. The average Bonchev–Trinajstić information content (AvgIpc) is 3.73. The monoisotopic (exact) mass is 635 g/mol. The molecule has 1 aliphatic carbocycles. The molecule has 8 heteroatoms. The zero-order valence-electron chi connectivity index (χ0n) is 28.9. The van der Waals surface area contributed by atoms with Crippen LogP contribution in [0.15, 0.2) is 78.9 Å². The van der Waals surface area contributed by atoms with Gasteiger partial charge in [0.1, 0.15) is 0 Å². The highest BCUT2D eigenvalue weighted by molar-refractivity contribution is 5.98. The van der Waals surface area contributed by atoms with Gasteiger partial charge in [-0.25, -0.2) is 9.97 Å². The Morgan fingerprint density at radius 3 is 2.64 bits per heavy atom. The Morgan fingerprint density at radius 2 is 1.91 bits per heavy atom. The van der Waals surface area contributed by atoms with Gasteiger partial charge in [0.15, 0.2) is 0 Å². The van der Waals surface area contributed by atoms with E-state index in [0.29, 0.717) is 12.5 Å². The topological polar surface area (TPSA) is 78.3 Å². The van der Waals surface area contributed by atoms with E-state index in [-0.39, 0.29) is 5.91 Å². The second-order valence-corrected chi connectivity index (χ2v) is 13.4. The van der Waals surface area contributed by atoms with Crippen molar-refractivity contribution in [2.45, 2.75) is 71.3 Å². The molecule has 5 rings (SSSR count). The van der Waals surface area contributed by atoms with E-state index in [4.69, 9.17) is 9.97 Å². The van der Waals surface area contributed by atoms with E-state index < -0.39 is 0 Å². The molecule has 1 aliphatic heterocycles. The Balaban J connectivity index is 1.54. The van der Waals surface area contributed by atoms with Crippen LogP contribution in [-0.2, 0) is 24.2 Å². The summed E-state index contributed by atoms with van der Waals surface area (Å²) in [4.78, 5) is 27.0. The fourth-order valence-corrected chi connectivity index (χ4v) is 7.01. The van der Waals surface area contributed by atoms with E-state index in [9.17, 15) is 4.79 Å². The van der Waals surface area contributed by atoms with Crippen molar-refractivity contribution >= 4 is 22.8 Å². The first kappa shape index (κ1) is 34.3. The van der Waals surface area contributed by atoms with Crippen molar-refractivity contribution in [3.8, 4) is 11.3 Å². The van der Waals surface area contributed by atoms with E-state index in [1.807, 2.05) is 18.3 Å². The second-order valence-electron chi connectivity index (χ2n) is 13.4. The van der Waals surface area contributed by atoms with Crippen LogP contribution in [0.5, 0.6) is 0 Å². The van der Waals surface area contributed by atoms with Crippen LogP contribution >= 0.6 is 0 Å². The summed E-state index contributed by atoms with van der Waals surface area (Å²) < 4.78 is 2.42. The number of hydrogen-bond donors (Lipinski definition) is 2. The smallest absolute Gasteiger partial charge is 0.247 e. The minimum absolute atomic E-state index is 0.244. The predicted molar refractivity (Wildman–Crippen MR) is 195 cm³/mol. The number of nitrogens with one attached hydrogen (secondary N) is 2. The number of nitrogens with zero attached hydrogens (tertiary/aromatic N) is 5. The number of anilines is 1. The van der Waals surface area contributed by atoms with Gasteiger partial charge < -0.3 is 20.1 Å². The lowest BCUT2D eigenvalue weighted by atomic mass is 9.95. The first-order valence-corrected chi connectivity index (χ1v) is 17.4. The molecule has 3 heterocycles. The SMILES string of the molecule is C=CC(=O)N/C(=C/C(Nc1ncc(CCC2CCCC2)c(-c2cn3c4c(cccc24)CCC3)n1)=C(\C=C)CC)CN(C)CCN(C)C. The van der Waals surface area contributed by atoms with Crippen molar-refractivity contribution in [2.24, 2.45) is 5.92 Å². The van der Waals surface area contributed by atoms with E-state index in [1.54, 1.807) is 0 Å². The highest BCUT2D eigenvalue weighted by Crippen LogP contribution is 2.37. The molecule has 1 aromatic carbocycles. The standard InChI is InChI=1S/C39H53N7O/c1-7-29(8-2)35(24-32(41-36(47)9-3)26-45(6)23-22-44(4)5)42-39-40-25-31(20-19-28-14-10-11-15-28)37(43-39)34-27-46-21-13-17-30-16-12-18-33(34)38(30)46/h7,9,12,16,18,24-25,27-28H,1,3,8,10-11,13-15,17,19-23,26H2,2,4-6H3,(H,41,47)(H,40,42,43)/b32-24+,35-29-. The number of aryl methyl sites for hydroxylation is 3. The first-order chi connectivity index (χ1) is 22.8. The number of hydrogen-bond acceptors (Lipinski definition) is 6. The number of rotatable bonds is 16. The largest absolute Gasteiger partial charge is 0.347 e. The number of carbonyl (C=O) groups is 1. The summed E-state index contributed by atoms with van der Waals surface area (Å²) in [5, 5.41) is 7.85. The van der Waals surface area contributed by atoms with E-state index in [2.05, 4.69) is 90.6 Å². The maximum atomic E-state index is 12.5. The maximum absolute atomic E-state index is 12.5. The molecule has 0 radical (unpaired) electrons. The van der Waals surface area contributed by atoms with Crippen LogP contribution in [0.1, 0.15) is 63.0 Å². The van der Waals surface area contributed by atoms with Gasteiger partial charge in [-0.15, -0.1) is 0 Å². The van der Waals surface area contributed by atoms with Crippen molar-refractivity contribution in [1.29, 1.82) is 0 Å². The quantitative estimate of drug-likeness (QED) is 0.129. The van der Waals surface area contributed by atoms with Gasteiger partial charge in [0, 0.05) is 60.9 Å². The van der Waals surface area contributed by atoms with Crippen molar-refractivity contribution in [2.75, 3.05) is 46.1 Å². The molecule has 0 spiro atoms. The second kappa shape index (κ2) is 16.2. The summed E-state index contributed by atoms with van der Waals surface area (Å²) in [6.07, 6.45) is 20.0. The Morgan fingerprint density at radius 1 is 1.11 bits per heavy atom. The molecule has 250 valence electrons. The van der Waals surface area contributed by atoms with Gasteiger partial charge in [0.2, 0.25) is 11.9 Å². The molecule has 2 N–H and O–H groups in total. The van der Waals surface area contributed by atoms with Gasteiger partial charge in [-0.1, -0.05) is 70.0 Å². The van der Waals surface area contributed by atoms with Crippen LogP contribution in [-0.4, -0.2) is 71.0 Å². The van der Waals surface area contributed by atoms with Gasteiger partial charge in [-0.3, -0.25) is 9.69 Å². The molecule has 1 fully saturated rings. The highest BCUT2D eigenvalue weighted by Gasteiger charge is 2.22. The van der Waals surface area contributed by atoms with Gasteiger partial charge >= 0.3 is 0 Å². The molecule has 47 heavy (non-hydrogen) atoms. The van der Waals surface area contributed by atoms with Gasteiger partial charge in [-0.05, 0) is 88.0 Å². The summed E-state index contributed by atoms with van der Waals surface area (Å²) in [5.41, 5.74) is 8.72. The molecular formula is C39H53N7O. The molecule has 0 unspecified atom stereocenters. The van der Waals surface area contributed by atoms with Crippen LogP contribution in [0.2, 0.25) is 0 Å². The summed E-state index contributed by atoms with van der Waals surface area (Å²) in [7, 11) is 6.18. The van der Waals surface area contributed by atoms with Gasteiger partial charge in [-0.2, -0.15) is 0 Å². The Hall–Kier alpha value is -4.01. The zero-order chi connectivity index (χ0) is 33.3. The number of para-hydroxylation sites is 1. The molecule has 0 bridgehead atoms. The minimum atomic E-state index is -0.244. The molecule has 3 aromatic rings.